The predicted molar refractivity (Wildman–Crippen MR) is 56.6 cm³/mol. The molecule has 1 unspecified atom stereocenters. The van der Waals surface area contributed by atoms with Gasteiger partial charge in [-0.15, -0.1) is 0 Å². The molecule has 0 saturated heterocycles. The van der Waals surface area contributed by atoms with E-state index in [1.54, 1.807) is 14.2 Å². The van der Waals surface area contributed by atoms with Crippen LogP contribution in [-0.4, -0.2) is 43.1 Å². The van der Waals surface area contributed by atoms with Gasteiger partial charge < -0.3 is 24.3 Å². The van der Waals surface area contributed by atoms with Crippen LogP contribution < -0.4 is 11.1 Å². The monoisotopic (exact) mass is 221 g/mol. The van der Waals surface area contributed by atoms with Gasteiger partial charge in [-0.3, -0.25) is 0 Å². The summed E-state index contributed by atoms with van der Waals surface area (Å²) >= 11 is 0. The summed E-state index contributed by atoms with van der Waals surface area (Å²) < 4.78 is 15.3. The van der Waals surface area contributed by atoms with Crippen molar-refractivity contribution in [2.45, 2.75) is 25.9 Å². The van der Waals surface area contributed by atoms with Gasteiger partial charge in [0.1, 0.15) is 0 Å². The maximum atomic E-state index is 5.52. The first kappa shape index (κ1) is 14.0. The van der Waals surface area contributed by atoms with Gasteiger partial charge in [-0.25, -0.2) is 0 Å². The lowest BCUT2D eigenvalue weighted by atomic mass is 10.3. The molecule has 1 atom stereocenters. The van der Waals surface area contributed by atoms with Crippen molar-refractivity contribution in [3.8, 4) is 0 Å². The van der Waals surface area contributed by atoms with Crippen LogP contribution in [0.1, 0.15) is 19.8 Å². The maximum Gasteiger partial charge on any atom is 0.577 e. The molecule has 0 spiro atoms. The Hall–Kier alpha value is 0.0169. The number of nitrogens with one attached hydrogen (secondary N) is 1. The minimum atomic E-state index is -1.47. The van der Waals surface area contributed by atoms with Crippen molar-refractivity contribution in [2.75, 3.05) is 27.4 Å². The highest BCUT2D eigenvalue weighted by Crippen LogP contribution is 1.93. The van der Waals surface area contributed by atoms with E-state index in [9.17, 15) is 0 Å². The van der Waals surface area contributed by atoms with E-state index in [1.165, 1.54) is 0 Å². The number of rotatable bonds is 9. The summed E-state index contributed by atoms with van der Waals surface area (Å²) in [5, 5.41) is 3.13. The van der Waals surface area contributed by atoms with Crippen LogP contribution in [0.25, 0.3) is 0 Å². The number of unbranched alkanes of at least 4 members (excludes halogenated alkanes) is 1. The van der Waals surface area contributed by atoms with Crippen molar-refractivity contribution < 1.29 is 13.3 Å². The first-order valence-corrected chi connectivity index (χ1v) is 6.00. The van der Waals surface area contributed by atoms with Crippen molar-refractivity contribution in [1.82, 2.24) is 5.32 Å². The molecule has 6 heteroatoms. The Morgan fingerprint density at radius 3 is 2.43 bits per heavy atom. The van der Waals surface area contributed by atoms with E-state index in [0.29, 0.717) is 6.61 Å². The standard InChI is InChI=1S/C8H21N2O3Si/c1-8(9)10-6-4-5-7-13-14(11-2)12-3/h8,10H,4-7,9H2,1-3H3. The molecular weight excluding hydrogens is 200 g/mol. The summed E-state index contributed by atoms with van der Waals surface area (Å²) in [6, 6.07) is 0. The van der Waals surface area contributed by atoms with Crippen molar-refractivity contribution >= 4 is 9.53 Å². The van der Waals surface area contributed by atoms with E-state index in [1.807, 2.05) is 6.92 Å². The summed E-state index contributed by atoms with van der Waals surface area (Å²) in [5.41, 5.74) is 5.52. The summed E-state index contributed by atoms with van der Waals surface area (Å²) in [6.45, 7) is 3.52. The van der Waals surface area contributed by atoms with E-state index in [-0.39, 0.29) is 6.17 Å². The quantitative estimate of drug-likeness (QED) is 0.325. The minimum Gasteiger partial charge on any atom is -0.375 e. The number of nitrogens with two attached hydrogens (primary N) is 1. The highest BCUT2D eigenvalue weighted by Gasteiger charge is 2.13. The Balaban J connectivity index is 3.12. The molecule has 0 aliphatic rings. The second kappa shape index (κ2) is 9.57. The fourth-order valence-electron chi connectivity index (χ4n) is 0.913. The van der Waals surface area contributed by atoms with Crippen LogP contribution in [0.3, 0.4) is 0 Å². The Labute approximate surface area is 87.9 Å². The number of hydrogen-bond donors (Lipinski definition) is 2. The van der Waals surface area contributed by atoms with Crippen molar-refractivity contribution in [3.05, 3.63) is 0 Å². The van der Waals surface area contributed by atoms with Crippen molar-refractivity contribution in [2.24, 2.45) is 5.73 Å². The summed E-state index contributed by atoms with van der Waals surface area (Å²) in [5.74, 6) is 0. The Kier molecular flexibility index (Phi) is 9.58. The van der Waals surface area contributed by atoms with Gasteiger partial charge in [-0.1, -0.05) is 0 Å². The summed E-state index contributed by atoms with van der Waals surface area (Å²) in [4.78, 5) is 0. The molecule has 14 heavy (non-hydrogen) atoms. The van der Waals surface area contributed by atoms with E-state index in [2.05, 4.69) is 5.32 Å². The molecule has 0 saturated carbocycles. The van der Waals surface area contributed by atoms with Crippen LogP contribution in [0.5, 0.6) is 0 Å². The second-order valence-corrected chi connectivity index (χ2v) is 4.56. The Morgan fingerprint density at radius 1 is 1.29 bits per heavy atom. The molecule has 0 aliphatic heterocycles. The molecule has 1 radical (unpaired) electrons. The third kappa shape index (κ3) is 8.61. The van der Waals surface area contributed by atoms with Crippen molar-refractivity contribution in [1.29, 1.82) is 0 Å². The summed E-state index contributed by atoms with van der Waals surface area (Å²) in [7, 11) is 1.71. The highest BCUT2D eigenvalue weighted by atomic mass is 28.3. The van der Waals surface area contributed by atoms with Crippen LogP contribution >= 0.6 is 0 Å². The zero-order chi connectivity index (χ0) is 10.8. The lowest BCUT2D eigenvalue weighted by Crippen LogP contribution is -2.34. The third-order valence-electron chi connectivity index (χ3n) is 1.59. The Morgan fingerprint density at radius 2 is 1.93 bits per heavy atom. The first-order valence-electron chi connectivity index (χ1n) is 4.77. The fraction of sp³-hybridized carbons (Fsp3) is 1.00. The van der Waals surface area contributed by atoms with E-state index in [4.69, 9.17) is 19.0 Å². The van der Waals surface area contributed by atoms with Crippen LogP contribution in [-0.2, 0) is 13.3 Å². The lowest BCUT2D eigenvalue weighted by Gasteiger charge is -2.10. The fourth-order valence-corrected chi connectivity index (χ4v) is 1.63. The zero-order valence-corrected chi connectivity index (χ0v) is 10.2. The van der Waals surface area contributed by atoms with Gasteiger partial charge in [0.05, 0.1) is 6.17 Å². The van der Waals surface area contributed by atoms with Crippen LogP contribution in [0.15, 0.2) is 0 Å². The first-order chi connectivity index (χ1) is 6.70. The van der Waals surface area contributed by atoms with Gasteiger partial charge in [0, 0.05) is 20.8 Å². The molecule has 0 fully saturated rings. The zero-order valence-electron chi connectivity index (χ0n) is 9.21. The molecule has 0 rings (SSSR count). The van der Waals surface area contributed by atoms with E-state index >= 15 is 0 Å². The molecule has 0 heterocycles. The molecule has 0 amide bonds. The predicted octanol–water partition coefficient (Wildman–Crippen LogP) is -0.0448. The topological polar surface area (TPSA) is 65.7 Å². The van der Waals surface area contributed by atoms with Gasteiger partial charge in [0.2, 0.25) is 0 Å². The van der Waals surface area contributed by atoms with Crippen LogP contribution in [0.2, 0.25) is 0 Å². The van der Waals surface area contributed by atoms with Crippen molar-refractivity contribution in [3.63, 3.8) is 0 Å². The highest BCUT2D eigenvalue weighted by molar-refractivity contribution is 6.36. The average molecular weight is 221 g/mol. The van der Waals surface area contributed by atoms with Gasteiger partial charge in [0.15, 0.2) is 0 Å². The van der Waals surface area contributed by atoms with E-state index in [0.717, 1.165) is 19.4 Å². The summed E-state index contributed by atoms with van der Waals surface area (Å²) in [6.07, 6.45) is 2.10. The molecular formula is C8H21N2O3Si. The largest absolute Gasteiger partial charge is 0.577 e. The second-order valence-electron chi connectivity index (χ2n) is 2.96. The average Bonchev–Trinajstić information content (AvgIpc) is 2.16. The smallest absolute Gasteiger partial charge is 0.375 e. The number of hydrogen-bond acceptors (Lipinski definition) is 5. The Bertz CT molecular complexity index is 123. The van der Waals surface area contributed by atoms with Gasteiger partial charge in [-0.2, -0.15) is 0 Å². The van der Waals surface area contributed by atoms with Gasteiger partial charge >= 0.3 is 9.53 Å². The molecule has 0 aliphatic carbocycles. The van der Waals surface area contributed by atoms with Gasteiger partial charge in [-0.05, 0) is 26.3 Å². The maximum absolute atomic E-state index is 5.52. The normalized spacial score (nSPS) is 13.5. The molecule has 0 aromatic carbocycles. The minimum absolute atomic E-state index is 0.0634. The molecule has 5 nitrogen and oxygen atoms in total. The molecule has 0 bridgehead atoms. The van der Waals surface area contributed by atoms with Crippen LogP contribution in [0, 0.1) is 0 Å². The molecule has 0 aromatic rings. The lowest BCUT2D eigenvalue weighted by molar-refractivity contribution is 0.133. The SMILES string of the molecule is CO[Si](OC)OCCCCNC(C)N. The van der Waals surface area contributed by atoms with Gasteiger partial charge in [0.25, 0.3) is 0 Å². The third-order valence-corrected chi connectivity index (χ3v) is 2.70. The molecule has 3 N–H and O–H groups in total. The molecule has 0 aromatic heterocycles. The molecule has 85 valence electrons. The van der Waals surface area contributed by atoms with E-state index < -0.39 is 9.53 Å². The van der Waals surface area contributed by atoms with Crippen LogP contribution in [0.4, 0.5) is 0 Å².